The molecule has 0 rings (SSSR count). The van der Waals surface area contributed by atoms with Gasteiger partial charge in [-0.1, -0.05) is 0 Å². The third-order valence-electron chi connectivity index (χ3n) is 0.236. The Morgan fingerprint density at radius 2 is 1.80 bits per heavy atom. The summed E-state index contributed by atoms with van der Waals surface area (Å²) in [5.41, 5.74) is 0. The normalized spacial score (nSPS) is 7.40. The first-order chi connectivity index (χ1) is 1.91. The minimum atomic E-state index is 0. The van der Waals surface area contributed by atoms with Crippen molar-refractivity contribution >= 4 is 0 Å². The van der Waals surface area contributed by atoms with Crippen LogP contribution in [0.25, 0.3) is 0 Å². The van der Waals surface area contributed by atoms with E-state index >= 15 is 0 Å². The predicted octanol–water partition coefficient (Wildman–Crippen LogP) is 1.39. The van der Waals surface area contributed by atoms with Gasteiger partial charge in [0.05, 0.1) is 0 Å². The molecule has 0 radical (unpaired) electrons. The van der Waals surface area contributed by atoms with Crippen LogP contribution in [0.3, 0.4) is 0 Å². The molecular formula is C4H7Pd-. The van der Waals surface area contributed by atoms with Crippen LogP contribution in [-0.4, -0.2) is 0 Å². The first-order valence-electron chi connectivity index (χ1n) is 1.32. The second-order valence-corrected chi connectivity index (χ2v) is 0.569. The Balaban J connectivity index is 0. The van der Waals surface area contributed by atoms with E-state index in [4.69, 9.17) is 0 Å². The Labute approximate surface area is 46.9 Å². The van der Waals surface area contributed by atoms with Crippen molar-refractivity contribution < 1.29 is 20.4 Å². The van der Waals surface area contributed by atoms with Crippen molar-refractivity contribution in [2.24, 2.45) is 0 Å². The van der Waals surface area contributed by atoms with Gasteiger partial charge in [0.2, 0.25) is 0 Å². The molecule has 0 aliphatic rings. The standard InChI is InChI=1S/C4H7.Pd/c1-3-4-2;/h3-4H,1H2,2H3;/q-1;/b4-3+;. The zero-order valence-corrected chi connectivity index (χ0v) is 4.73. The molecule has 0 aromatic heterocycles. The van der Waals surface area contributed by atoms with E-state index in [-0.39, 0.29) is 20.4 Å². The molecule has 0 fully saturated rings. The largest absolute Gasteiger partial charge is 0.245 e. The first kappa shape index (κ1) is 8.99. The van der Waals surface area contributed by atoms with Gasteiger partial charge in [-0.25, -0.2) is 19.1 Å². The van der Waals surface area contributed by atoms with E-state index in [2.05, 4.69) is 6.92 Å². The fourth-order valence-corrected chi connectivity index (χ4v) is 0. The van der Waals surface area contributed by atoms with Crippen LogP contribution in [0.5, 0.6) is 0 Å². The molecule has 0 aliphatic heterocycles. The van der Waals surface area contributed by atoms with Gasteiger partial charge in [-0.2, -0.15) is 0 Å². The van der Waals surface area contributed by atoms with Gasteiger partial charge in [-0.15, -0.1) is 6.92 Å². The molecule has 0 spiro atoms. The van der Waals surface area contributed by atoms with Crippen molar-refractivity contribution in [2.75, 3.05) is 0 Å². The zero-order chi connectivity index (χ0) is 3.41. The SMILES string of the molecule is [CH2-]/C=C/C.[Pd]. The average molecular weight is 162 g/mol. The molecule has 0 atom stereocenters. The maximum Gasteiger partial charge on any atom is 0 e. The van der Waals surface area contributed by atoms with Gasteiger partial charge >= 0.3 is 0 Å². The summed E-state index contributed by atoms with van der Waals surface area (Å²) in [7, 11) is 0. The van der Waals surface area contributed by atoms with Gasteiger partial charge in [0, 0.05) is 20.4 Å². The van der Waals surface area contributed by atoms with Crippen molar-refractivity contribution in [1.29, 1.82) is 0 Å². The Morgan fingerprint density at radius 3 is 1.80 bits per heavy atom. The fourth-order valence-electron chi connectivity index (χ4n) is 0. The monoisotopic (exact) mass is 161 g/mol. The van der Waals surface area contributed by atoms with E-state index in [9.17, 15) is 0 Å². The Bertz CT molecular complexity index is 18.8. The molecule has 0 saturated heterocycles. The van der Waals surface area contributed by atoms with Gasteiger partial charge < -0.3 is 0 Å². The summed E-state index contributed by atoms with van der Waals surface area (Å²) in [6.45, 7) is 5.36. The van der Waals surface area contributed by atoms with Crippen LogP contribution in [0.1, 0.15) is 6.92 Å². The summed E-state index contributed by atoms with van der Waals surface area (Å²) >= 11 is 0. The van der Waals surface area contributed by atoms with Crippen LogP contribution < -0.4 is 0 Å². The fraction of sp³-hybridized carbons (Fsp3) is 0.250. The molecule has 0 amide bonds. The molecule has 0 aromatic carbocycles. The Kier molecular flexibility index (Phi) is 15.9. The van der Waals surface area contributed by atoms with E-state index in [0.717, 1.165) is 0 Å². The maximum atomic E-state index is 3.42. The van der Waals surface area contributed by atoms with Crippen molar-refractivity contribution in [2.45, 2.75) is 6.92 Å². The van der Waals surface area contributed by atoms with Crippen molar-refractivity contribution in [3.63, 3.8) is 0 Å². The van der Waals surface area contributed by atoms with Gasteiger partial charge in [0.1, 0.15) is 0 Å². The summed E-state index contributed by atoms with van der Waals surface area (Å²) in [6, 6.07) is 0. The van der Waals surface area contributed by atoms with E-state index in [1.165, 1.54) is 0 Å². The van der Waals surface area contributed by atoms with Crippen LogP contribution in [0.4, 0.5) is 0 Å². The quantitative estimate of drug-likeness (QED) is 0.372. The van der Waals surface area contributed by atoms with Gasteiger partial charge in [-0.05, 0) is 0 Å². The molecule has 1 heteroatoms. The van der Waals surface area contributed by atoms with Crippen molar-refractivity contribution in [3.05, 3.63) is 19.1 Å². The van der Waals surface area contributed by atoms with E-state index in [0.29, 0.717) is 0 Å². The number of allylic oxidation sites excluding steroid dienone is 2. The summed E-state index contributed by atoms with van der Waals surface area (Å²) in [4.78, 5) is 0. The third kappa shape index (κ3) is 13.6. The number of rotatable bonds is 0. The van der Waals surface area contributed by atoms with Gasteiger partial charge in [0.15, 0.2) is 0 Å². The number of hydrogen-bond acceptors (Lipinski definition) is 0. The number of hydrogen-bond donors (Lipinski definition) is 0. The summed E-state index contributed by atoms with van der Waals surface area (Å²) in [6.07, 6.45) is 3.64. The topological polar surface area (TPSA) is 0 Å². The molecule has 0 saturated carbocycles. The molecule has 0 aliphatic carbocycles. The zero-order valence-electron chi connectivity index (χ0n) is 3.18. The van der Waals surface area contributed by atoms with Crippen LogP contribution >= 0.6 is 0 Å². The Hall–Kier alpha value is 0.272. The first-order valence-corrected chi connectivity index (χ1v) is 1.32. The summed E-state index contributed by atoms with van der Waals surface area (Å²) in [5.74, 6) is 0. The smallest absolute Gasteiger partial charge is 0 e. The molecule has 0 unspecified atom stereocenters. The molecule has 5 heavy (non-hydrogen) atoms. The van der Waals surface area contributed by atoms with Crippen LogP contribution in [-0.2, 0) is 20.4 Å². The molecule has 0 nitrogen and oxygen atoms in total. The van der Waals surface area contributed by atoms with Crippen molar-refractivity contribution in [1.82, 2.24) is 0 Å². The molecule has 0 heterocycles. The van der Waals surface area contributed by atoms with Crippen LogP contribution in [0.2, 0.25) is 0 Å². The van der Waals surface area contributed by atoms with E-state index in [1.807, 2.05) is 13.0 Å². The van der Waals surface area contributed by atoms with E-state index in [1.54, 1.807) is 6.08 Å². The maximum absolute atomic E-state index is 3.42. The van der Waals surface area contributed by atoms with Crippen LogP contribution in [0.15, 0.2) is 12.2 Å². The average Bonchev–Trinajstić information content (AvgIpc) is 1.37. The second-order valence-electron chi connectivity index (χ2n) is 0.569. The summed E-state index contributed by atoms with van der Waals surface area (Å²) < 4.78 is 0. The minimum absolute atomic E-state index is 0. The molecule has 0 aromatic rings. The van der Waals surface area contributed by atoms with E-state index < -0.39 is 0 Å². The molecular weight excluding hydrogens is 154 g/mol. The third-order valence-corrected chi connectivity index (χ3v) is 0.236. The molecule has 0 bridgehead atoms. The van der Waals surface area contributed by atoms with Gasteiger partial charge in [-0.3, -0.25) is 0 Å². The molecule has 34 valence electrons. The second kappa shape index (κ2) is 8.86. The Morgan fingerprint density at radius 1 is 1.60 bits per heavy atom. The van der Waals surface area contributed by atoms with Gasteiger partial charge in [0.25, 0.3) is 0 Å². The summed E-state index contributed by atoms with van der Waals surface area (Å²) in [5, 5.41) is 0. The van der Waals surface area contributed by atoms with Crippen LogP contribution in [0, 0.1) is 6.92 Å². The predicted molar refractivity (Wildman–Crippen MR) is 20.2 cm³/mol. The molecule has 0 N–H and O–H groups in total. The minimum Gasteiger partial charge on any atom is -0.245 e. The van der Waals surface area contributed by atoms with Crippen molar-refractivity contribution in [3.8, 4) is 0 Å².